The second-order valence-corrected chi connectivity index (χ2v) is 4.65. The average molecular weight is 265 g/mol. The van der Waals surface area contributed by atoms with Gasteiger partial charge in [-0.2, -0.15) is 0 Å². The van der Waals surface area contributed by atoms with Crippen LogP contribution < -0.4 is 11.3 Å². The summed E-state index contributed by atoms with van der Waals surface area (Å²) in [7, 11) is 3.98. The molecule has 19 heavy (non-hydrogen) atoms. The first-order valence-corrected chi connectivity index (χ1v) is 6.46. The van der Waals surface area contributed by atoms with Crippen molar-refractivity contribution >= 4 is 11.7 Å². The number of pyridine rings is 1. The lowest BCUT2D eigenvalue weighted by Gasteiger charge is -2.23. The van der Waals surface area contributed by atoms with Gasteiger partial charge in [-0.15, -0.1) is 0 Å². The molecular weight excluding hydrogens is 242 g/mol. The van der Waals surface area contributed by atoms with Crippen molar-refractivity contribution in [2.24, 2.45) is 5.84 Å². The van der Waals surface area contributed by atoms with Gasteiger partial charge in [-0.05, 0) is 32.6 Å². The van der Waals surface area contributed by atoms with E-state index in [9.17, 15) is 4.79 Å². The minimum Gasteiger partial charge on any atom is -0.336 e. The highest BCUT2D eigenvalue weighted by molar-refractivity contribution is 5.92. The van der Waals surface area contributed by atoms with E-state index in [-0.39, 0.29) is 5.91 Å². The molecule has 0 aliphatic heterocycles. The highest BCUT2D eigenvalue weighted by atomic mass is 16.2. The Kier molecular flexibility index (Phi) is 6.24. The molecule has 1 amide bonds. The Morgan fingerprint density at radius 2 is 2.05 bits per heavy atom. The SMILES string of the molecule is CCCN(CCN(C)C)C(=O)c1cccc(NN)n1. The summed E-state index contributed by atoms with van der Waals surface area (Å²) in [5, 5.41) is 0. The first kappa shape index (κ1) is 15.4. The van der Waals surface area contributed by atoms with Crippen LogP contribution in [0.1, 0.15) is 23.8 Å². The third kappa shape index (κ3) is 4.84. The molecule has 0 bridgehead atoms. The van der Waals surface area contributed by atoms with Gasteiger partial charge in [0.05, 0.1) is 0 Å². The van der Waals surface area contributed by atoms with Crippen LogP contribution in [-0.2, 0) is 0 Å². The van der Waals surface area contributed by atoms with E-state index in [2.05, 4.69) is 22.2 Å². The fraction of sp³-hybridized carbons (Fsp3) is 0.538. The number of hydrogen-bond acceptors (Lipinski definition) is 5. The number of likely N-dealkylation sites (N-methyl/N-ethyl adjacent to an activating group) is 1. The van der Waals surface area contributed by atoms with Gasteiger partial charge in [-0.3, -0.25) is 4.79 Å². The second-order valence-electron chi connectivity index (χ2n) is 4.65. The molecule has 0 unspecified atom stereocenters. The fourth-order valence-corrected chi connectivity index (χ4v) is 1.70. The van der Waals surface area contributed by atoms with Gasteiger partial charge in [0.1, 0.15) is 11.5 Å². The van der Waals surface area contributed by atoms with E-state index in [4.69, 9.17) is 5.84 Å². The molecule has 6 heteroatoms. The van der Waals surface area contributed by atoms with Crippen LogP contribution in [0.15, 0.2) is 18.2 Å². The zero-order valence-corrected chi connectivity index (χ0v) is 11.9. The maximum absolute atomic E-state index is 12.4. The fourth-order valence-electron chi connectivity index (χ4n) is 1.70. The molecule has 0 spiro atoms. The van der Waals surface area contributed by atoms with Gasteiger partial charge >= 0.3 is 0 Å². The summed E-state index contributed by atoms with van der Waals surface area (Å²) in [6, 6.07) is 5.20. The van der Waals surface area contributed by atoms with E-state index in [1.807, 2.05) is 19.0 Å². The predicted molar refractivity (Wildman–Crippen MR) is 76.8 cm³/mol. The topological polar surface area (TPSA) is 74.5 Å². The number of amides is 1. The maximum atomic E-state index is 12.4. The number of nitrogens with two attached hydrogens (primary N) is 1. The van der Waals surface area contributed by atoms with Gasteiger partial charge in [0.2, 0.25) is 0 Å². The van der Waals surface area contributed by atoms with Crippen molar-refractivity contribution in [2.45, 2.75) is 13.3 Å². The minimum absolute atomic E-state index is 0.0548. The molecule has 1 aromatic rings. The molecule has 0 saturated carbocycles. The number of hydrogen-bond donors (Lipinski definition) is 2. The lowest BCUT2D eigenvalue weighted by molar-refractivity contribution is 0.0739. The number of aromatic nitrogens is 1. The second kappa shape index (κ2) is 7.70. The predicted octanol–water partition coefficient (Wildman–Crippen LogP) is 0.781. The van der Waals surface area contributed by atoms with E-state index in [0.29, 0.717) is 18.1 Å². The Hall–Kier alpha value is -1.66. The molecule has 1 aromatic heterocycles. The normalized spacial score (nSPS) is 10.6. The summed E-state index contributed by atoms with van der Waals surface area (Å²) in [5.41, 5.74) is 2.87. The molecule has 0 saturated heterocycles. The number of nitrogen functional groups attached to an aromatic ring is 1. The van der Waals surface area contributed by atoms with Crippen LogP contribution in [0.3, 0.4) is 0 Å². The van der Waals surface area contributed by atoms with Gasteiger partial charge in [0.25, 0.3) is 5.91 Å². The molecule has 0 aromatic carbocycles. The standard InChI is InChI=1S/C13H23N5O/c1-4-8-18(10-9-17(2)3)13(19)11-6-5-7-12(15-11)16-14/h5-7H,4,8-10,14H2,1-3H3,(H,15,16). The Morgan fingerprint density at radius 1 is 1.32 bits per heavy atom. The smallest absolute Gasteiger partial charge is 0.272 e. The van der Waals surface area contributed by atoms with Crippen molar-refractivity contribution < 1.29 is 4.79 Å². The Labute approximate surface area is 114 Å². The lowest BCUT2D eigenvalue weighted by Crippen LogP contribution is -2.37. The Morgan fingerprint density at radius 3 is 2.63 bits per heavy atom. The molecule has 0 radical (unpaired) electrons. The zero-order valence-electron chi connectivity index (χ0n) is 11.9. The quantitative estimate of drug-likeness (QED) is 0.563. The van der Waals surface area contributed by atoms with Crippen LogP contribution in [0, 0.1) is 0 Å². The lowest BCUT2D eigenvalue weighted by atomic mass is 10.3. The molecule has 0 aliphatic rings. The number of nitrogens with zero attached hydrogens (tertiary/aromatic N) is 3. The van der Waals surface area contributed by atoms with Crippen LogP contribution in [0.4, 0.5) is 5.82 Å². The molecule has 0 fully saturated rings. The highest BCUT2D eigenvalue weighted by Gasteiger charge is 2.16. The van der Waals surface area contributed by atoms with Crippen LogP contribution >= 0.6 is 0 Å². The molecule has 0 atom stereocenters. The third-order valence-corrected chi connectivity index (χ3v) is 2.71. The molecule has 1 heterocycles. The third-order valence-electron chi connectivity index (χ3n) is 2.71. The zero-order chi connectivity index (χ0) is 14.3. The first-order chi connectivity index (χ1) is 9.08. The van der Waals surface area contributed by atoms with Crippen molar-refractivity contribution in [1.29, 1.82) is 0 Å². The summed E-state index contributed by atoms with van der Waals surface area (Å²) in [5.74, 6) is 5.75. The van der Waals surface area contributed by atoms with Gasteiger partial charge < -0.3 is 15.2 Å². The largest absolute Gasteiger partial charge is 0.336 e. The van der Waals surface area contributed by atoms with Gasteiger partial charge in [-0.1, -0.05) is 13.0 Å². The molecule has 1 rings (SSSR count). The van der Waals surface area contributed by atoms with Crippen molar-refractivity contribution in [3.8, 4) is 0 Å². The summed E-state index contributed by atoms with van der Waals surface area (Å²) in [6.07, 6.45) is 0.925. The number of anilines is 1. The van der Waals surface area contributed by atoms with Gasteiger partial charge in [0.15, 0.2) is 0 Å². The average Bonchev–Trinajstić information content (AvgIpc) is 2.42. The van der Waals surface area contributed by atoms with E-state index >= 15 is 0 Å². The molecule has 0 aliphatic carbocycles. The maximum Gasteiger partial charge on any atom is 0.272 e. The minimum atomic E-state index is -0.0548. The van der Waals surface area contributed by atoms with Crippen LogP contribution in [0.2, 0.25) is 0 Å². The van der Waals surface area contributed by atoms with Crippen LogP contribution in [-0.4, -0.2) is 54.4 Å². The summed E-state index contributed by atoms with van der Waals surface area (Å²) in [6.45, 7) is 4.32. The summed E-state index contributed by atoms with van der Waals surface area (Å²) < 4.78 is 0. The number of hydrazine groups is 1. The van der Waals surface area contributed by atoms with Crippen molar-refractivity contribution in [3.63, 3.8) is 0 Å². The van der Waals surface area contributed by atoms with Gasteiger partial charge in [0, 0.05) is 19.6 Å². The molecule has 106 valence electrons. The molecule has 6 nitrogen and oxygen atoms in total. The van der Waals surface area contributed by atoms with E-state index in [1.54, 1.807) is 18.2 Å². The number of nitrogens with one attached hydrogen (secondary N) is 1. The van der Waals surface area contributed by atoms with E-state index in [0.717, 1.165) is 19.5 Å². The van der Waals surface area contributed by atoms with E-state index < -0.39 is 0 Å². The van der Waals surface area contributed by atoms with Crippen molar-refractivity contribution in [2.75, 3.05) is 39.2 Å². The number of carbonyl (C=O) groups is 1. The first-order valence-electron chi connectivity index (χ1n) is 6.46. The van der Waals surface area contributed by atoms with Crippen molar-refractivity contribution in [1.82, 2.24) is 14.8 Å². The van der Waals surface area contributed by atoms with Crippen LogP contribution in [0.5, 0.6) is 0 Å². The highest BCUT2D eigenvalue weighted by Crippen LogP contribution is 2.07. The van der Waals surface area contributed by atoms with Crippen molar-refractivity contribution in [3.05, 3.63) is 23.9 Å². The Bertz CT molecular complexity index is 408. The van der Waals surface area contributed by atoms with Crippen LogP contribution in [0.25, 0.3) is 0 Å². The van der Waals surface area contributed by atoms with E-state index in [1.165, 1.54) is 0 Å². The number of carbonyl (C=O) groups excluding carboxylic acids is 1. The summed E-state index contributed by atoms with van der Waals surface area (Å²) >= 11 is 0. The number of rotatable bonds is 7. The Balaban J connectivity index is 2.79. The molecular formula is C13H23N5O. The summed E-state index contributed by atoms with van der Waals surface area (Å²) in [4.78, 5) is 20.5. The van der Waals surface area contributed by atoms with Gasteiger partial charge in [-0.25, -0.2) is 10.8 Å². The monoisotopic (exact) mass is 265 g/mol. The molecule has 3 N–H and O–H groups in total.